The van der Waals surface area contributed by atoms with Crippen LogP contribution in [-0.4, -0.2) is 28.9 Å². The summed E-state index contributed by atoms with van der Waals surface area (Å²) in [5.74, 6) is 0.802. The van der Waals surface area contributed by atoms with E-state index in [-0.39, 0.29) is 24.5 Å². The summed E-state index contributed by atoms with van der Waals surface area (Å²) in [6.07, 6.45) is 1.15. The average molecular weight is 330 g/mol. The van der Waals surface area contributed by atoms with Gasteiger partial charge in [-0.05, 0) is 36.2 Å². The van der Waals surface area contributed by atoms with E-state index in [2.05, 4.69) is 5.32 Å². The van der Waals surface area contributed by atoms with Crippen molar-refractivity contribution in [2.45, 2.75) is 12.5 Å². The lowest BCUT2D eigenvalue weighted by molar-refractivity contribution is 0.0940. The number of carbonyl (C=O) groups excluding carboxylic acids is 1. The smallest absolute Gasteiger partial charge is 0.263 e. The topological polar surface area (TPSA) is 89.8 Å². The molecule has 1 aliphatic rings. The molecule has 0 aliphatic carbocycles. The molecular formula is C17H18N2O5. The van der Waals surface area contributed by atoms with Gasteiger partial charge in [0.2, 0.25) is 6.79 Å². The minimum absolute atomic E-state index is 0.0811. The van der Waals surface area contributed by atoms with Crippen LogP contribution in [0.5, 0.6) is 11.5 Å². The Labute approximate surface area is 138 Å². The molecule has 0 saturated heterocycles. The summed E-state index contributed by atoms with van der Waals surface area (Å²) >= 11 is 0. The van der Waals surface area contributed by atoms with E-state index in [0.717, 1.165) is 0 Å². The minimum atomic E-state index is -0.751. The van der Waals surface area contributed by atoms with Crippen LogP contribution >= 0.6 is 0 Å². The van der Waals surface area contributed by atoms with Crippen molar-refractivity contribution < 1.29 is 19.4 Å². The SMILES string of the molecule is Cn1cccc(C(=O)NCCC(O)c2ccc3c(c2)OCO3)c1=O. The highest BCUT2D eigenvalue weighted by molar-refractivity contribution is 5.93. The highest BCUT2D eigenvalue weighted by atomic mass is 16.7. The Morgan fingerprint density at radius 1 is 1.33 bits per heavy atom. The average Bonchev–Trinajstić information content (AvgIpc) is 3.04. The lowest BCUT2D eigenvalue weighted by Crippen LogP contribution is -2.32. The molecule has 1 aromatic heterocycles. The lowest BCUT2D eigenvalue weighted by atomic mass is 10.1. The van der Waals surface area contributed by atoms with Crippen molar-refractivity contribution in [3.05, 3.63) is 58.0 Å². The fraction of sp³-hybridized carbons (Fsp3) is 0.294. The van der Waals surface area contributed by atoms with Gasteiger partial charge in [-0.3, -0.25) is 9.59 Å². The molecule has 126 valence electrons. The molecule has 1 aliphatic heterocycles. The van der Waals surface area contributed by atoms with Gasteiger partial charge in [0.1, 0.15) is 5.56 Å². The molecule has 1 unspecified atom stereocenters. The van der Waals surface area contributed by atoms with Crippen molar-refractivity contribution in [1.29, 1.82) is 0 Å². The van der Waals surface area contributed by atoms with Crippen LogP contribution in [0.1, 0.15) is 28.4 Å². The molecule has 2 aromatic rings. The number of nitrogens with zero attached hydrogens (tertiary/aromatic N) is 1. The van der Waals surface area contributed by atoms with Crippen LogP contribution in [0.3, 0.4) is 0 Å². The van der Waals surface area contributed by atoms with Gasteiger partial charge < -0.3 is 24.5 Å². The van der Waals surface area contributed by atoms with Gasteiger partial charge in [-0.1, -0.05) is 6.07 Å². The Hall–Kier alpha value is -2.80. The molecule has 0 spiro atoms. The van der Waals surface area contributed by atoms with E-state index in [9.17, 15) is 14.7 Å². The van der Waals surface area contributed by atoms with Gasteiger partial charge in [-0.2, -0.15) is 0 Å². The lowest BCUT2D eigenvalue weighted by Gasteiger charge is -2.12. The number of aromatic nitrogens is 1. The van der Waals surface area contributed by atoms with Crippen molar-refractivity contribution in [3.63, 3.8) is 0 Å². The maximum atomic E-state index is 12.0. The van der Waals surface area contributed by atoms with E-state index in [1.54, 1.807) is 37.5 Å². The number of rotatable bonds is 5. The Morgan fingerprint density at radius 2 is 2.12 bits per heavy atom. The summed E-state index contributed by atoms with van der Waals surface area (Å²) in [6.45, 7) is 0.420. The molecule has 1 atom stereocenters. The second kappa shape index (κ2) is 6.76. The summed E-state index contributed by atoms with van der Waals surface area (Å²) in [4.78, 5) is 23.9. The standard InChI is InChI=1S/C17H18N2O5/c1-19-8-2-3-12(17(19)22)16(21)18-7-6-13(20)11-4-5-14-15(9-11)24-10-23-14/h2-5,8-9,13,20H,6-7,10H2,1H3,(H,18,21). The van der Waals surface area contributed by atoms with Gasteiger partial charge in [-0.25, -0.2) is 0 Å². The second-order valence-electron chi connectivity index (χ2n) is 5.51. The van der Waals surface area contributed by atoms with Crippen LogP contribution in [0.25, 0.3) is 0 Å². The Balaban J connectivity index is 1.57. The third-order valence-corrected chi connectivity index (χ3v) is 3.85. The number of ether oxygens (including phenoxy) is 2. The number of pyridine rings is 1. The monoisotopic (exact) mass is 330 g/mol. The molecule has 7 nitrogen and oxygen atoms in total. The van der Waals surface area contributed by atoms with Gasteiger partial charge in [0.05, 0.1) is 6.10 Å². The van der Waals surface area contributed by atoms with E-state index in [0.29, 0.717) is 23.5 Å². The summed E-state index contributed by atoms with van der Waals surface area (Å²) in [6, 6.07) is 8.34. The van der Waals surface area contributed by atoms with Crippen LogP contribution in [0, 0.1) is 0 Å². The first-order valence-electron chi connectivity index (χ1n) is 7.57. The fourth-order valence-electron chi connectivity index (χ4n) is 2.47. The highest BCUT2D eigenvalue weighted by Gasteiger charge is 2.17. The van der Waals surface area contributed by atoms with Crippen molar-refractivity contribution in [3.8, 4) is 11.5 Å². The fourth-order valence-corrected chi connectivity index (χ4v) is 2.47. The first kappa shape index (κ1) is 16.1. The third kappa shape index (κ3) is 3.26. The van der Waals surface area contributed by atoms with Gasteiger partial charge in [-0.15, -0.1) is 0 Å². The maximum absolute atomic E-state index is 12.0. The predicted molar refractivity (Wildman–Crippen MR) is 86.2 cm³/mol. The van der Waals surface area contributed by atoms with Gasteiger partial charge >= 0.3 is 0 Å². The molecular weight excluding hydrogens is 312 g/mol. The summed E-state index contributed by atoms with van der Waals surface area (Å²) in [7, 11) is 1.59. The molecule has 2 N–H and O–H groups in total. The maximum Gasteiger partial charge on any atom is 0.263 e. The van der Waals surface area contributed by atoms with Crippen molar-refractivity contribution >= 4 is 5.91 Å². The number of aliphatic hydroxyl groups is 1. The van der Waals surface area contributed by atoms with E-state index in [4.69, 9.17) is 9.47 Å². The number of carbonyl (C=O) groups is 1. The molecule has 0 radical (unpaired) electrons. The first-order chi connectivity index (χ1) is 11.6. The highest BCUT2D eigenvalue weighted by Crippen LogP contribution is 2.34. The number of benzene rings is 1. The first-order valence-corrected chi connectivity index (χ1v) is 7.57. The van der Waals surface area contributed by atoms with Crippen LogP contribution in [0.4, 0.5) is 0 Å². The van der Waals surface area contributed by atoms with Crippen molar-refractivity contribution in [2.75, 3.05) is 13.3 Å². The number of nitrogens with one attached hydrogen (secondary N) is 1. The Morgan fingerprint density at radius 3 is 2.96 bits per heavy atom. The zero-order valence-electron chi connectivity index (χ0n) is 13.2. The van der Waals surface area contributed by atoms with Gasteiger partial charge in [0, 0.05) is 19.8 Å². The van der Waals surface area contributed by atoms with E-state index >= 15 is 0 Å². The Bertz CT molecular complexity index is 815. The third-order valence-electron chi connectivity index (χ3n) is 3.85. The second-order valence-corrected chi connectivity index (χ2v) is 5.51. The van der Waals surface area contributed by atoms with Crippen LogP contribution in [-0.2, 0) is 7.05 Å². The number of fused-ring (bicyclic) bond motifs is 1. The molecule has 2 heterocycles. The molecule has 0 saturated carbocycles. The van der Waals surface area contributed by atoms with Crippen LogP contribution in [0.2, 0.25) is 0 Å². The number of aliphatic hydroxyl groups excluding tert-OH is 1. The molecule has 1 aromatic carbocycles. The molecule has 24 heavy (non-hydrogen) atoms. The van der Waals surface area contributed by atoms with Crippen molar-refractivity contribution in [1.82, 2.24) is 9.88 Å². The Kier molecular flexibility index (Phi) is 4.52. The van der Waals surface area contributed by atoms with E-state index in [1.807, 2.05) is 0 Å². The minimum Gasteiger partial charge on any atom is -0.454 e. The summed E-state index contributed by atoms with van der Waals surface area (Å²) in [5, 5.41) is 12.9. The summed E-state index contributed by atoms with van der Waals surface area (Å²) < 4.78 is 11.8. The largest absolute Gasteiger partial charge is 0.454 e. The normalized spacial score (nSPS) is 13.6. The summed E-state index contributed by atoms with van der Waals surface area (Å²) in [5.41, 5.74) is 0.410. The predicted octanol–water partition coefficient (Wildman–Crippen LogP) is 0.967. The van der Waals surface area contributed by atoms with E-state index < -0.39 is 12.0 Å². The zero-order chi connectivity index (χ0) is 17.1. The molecule has 7 heteroatoms. The van der Waals surface area contributed by atoms with E-state index in [1.165, 1.54) is 10.6 Å². The molecule has 0 fully saturated rings. The number of hydrogen-bond acceptors (Lipinski definition) is 5. The van der Waals surface area contributed by atoms with Crippen LogP contribution < -0.4 is 20.3 Å². The molecule has 0 bridgehead atoms. The number of aryl methyl sites for hydroxylation is 1. The van der Waals surface area contributed by atoms with Crippen LogP contribution in [0.15, 0.2) is 41.3 Å². The number of amides is 1. The zero-order valence-corrected chi connectivity index (χ0v) is 13.2. The van der Waals surface area contributed by atoms with Crippen molar-refractivity contribution in [2.24, 2.45) is 7.05 Å². The quantitative estimate of drug-likeness (QED) is 0.852. The molecule has 1 amide bonds. The molecule has 3 rings (SSSR count). The van der Waals surface area contributed by atoms with Gasteiger partial charge in [0.25, 0.3) is 11.5 Å². The number of hydrogen-bond donors (Lipinski definition) is 2. The van der Waals surface area contributed by atoms with Gasteiger partial charge in [0.15, 0.2) is 11.5 Å².